The fraction of sp³-hybridized carbons (Fsp3) is 0.133. The lowest BCUT2D eigenvalue weighted by molar-refractivity contribution is 0.0990. The Balaban J connectivity index is 1.81. The Labute approximate surface area is 125 Å². The highest BCUT2D eigenvalue weighted by Crippen LogP contribution is 2.29. The number of benzene rings is 1. The molecule has 0 unspecified atom stereocenters. The number of hydrogen-bond acceptors (Lipinski definition) is 6. The maximum atomic E-state index is 12.8. The smallest absolute Gasteiger partial charge is 0.267 e. The van der Waals surface area contributed by atoms with Gasteiger partial charge in [-0.3, -0.25) is 4.79 Å². The molecule has 2 aromatic heterocycles. The number of amides is 1. The van der Waals surface area contributed by atoms with Gasteiger partial charge >= 0.3 is 0 Å². The number of furan rings is 1. The standard InChI is InChI=1S/C15H12N4O3/c16-13-12-14(18-8-17-13)22-6-4-19(15(12)20)10-1-2-11-9(7-10)3-5-21-11/h1-3,5,7-8H,4,6H2,(H2,16,17,18). The lowest BCUT2D eigenvalue weighted by Crippen LogP contribution is -2.32. The molecule has 0 aliphatic carbocycles. The maximum Gasteiger partial charge on any atom is 0.267 e. The largest absolute Gasteiger partial charge is 0.475 e. The normalized spacial score (nSPS) is 14.5. The van der Waals surface area contributed by atoms with Gasteiger partial charge in [0.25, 0.3) is 5.91 Å². The van der Waals surface area contributed by atoms with Crippen LogP contribution in [0.25, 0.3) is 11.0 Å². The average molecular weight is 296 g/mol. The van der Waals surface area contributed by atoms with E-state index in [-0.39, 0.29) is 23.2 Å². The number of carbonyl (C=O) groups excluding carboxylic acids is 1. The van der Waals surface area contributed by atoms with E-state index in [0.29, 0.717) is 13.2 Å². The first kappa shape index (κ1) is 12.6. The molecule has 1 aliphatic heterocycles. The summed E-state index contributed by atoms with van der Waals surface area (Å²) in [6.07, 6.45) is 2.90. The first-order valence-electron chi connectivity index (χ1n) is 6.76. The fourth-order valence-corrected chi connectivity index (χ4v) is 2.53. The molecule has 0 radical (unpaired) electrons. The molecule has 0 saturated heterocycles. The molecule has 0 atom stereocenters. The summed E-state index contributed by atoms with van der Waals surface area (Å²) in [5.74, 6) is 0.0733. The topological polar surface area (TPSA) is 94.5 Å². The van der Waals surface area contributed by atoms with Crippen molar-refractivity contribution < 1.29 is 13.9 Å². The predicted octanol–water partition coefficient (Wildman–Crippen LogP) is 1.84. The number of hydrogen-bond donors (Lipinski definition) is 1. The molecule has 1 aliphatic rings. The highest BCUT2D eigenvalue weighted by atomic mass is 16.5. The molecule has 3 heterocycles. The summed E-state index contributed by atoms with van der Waals surface area (Å²) in [5, 5.41) is 0.924. The summed E-state index contributed by atoms with van der Waals surface area (Å²) in [7, 11) is 0. The van der Waals surface area contributed by atoms with Crippen molar-refractivity contribution in [2.24, 2.45) is 0 Å². The lowest BCUT2D eigenvalue weighted by atomic mass is 10.2. The van der Waals surface area contributed by atoms with Crippen molar-refractivity contribution in [3.05, 3.63) is 42.4 Å². The van der Waals surface area contributed by atoms with Crippen LogP contribution in [-0.4, -0.2) is 29.0 Å². The van der Waals surface area contributed by atoms with Gasteiger partial charge in [-0.2, -0.15) is 0 Å². The van der Waals surface area contributed by atoms with Crippen molar-refractivity contribution in [3.63, 3.8) is 0 Å². The van der Waals surface area contributed by atoms with E-state index in [1.165, 1.54) is 6.33 Å². The summed E-state index contributed by atoms with van der Waals surface area (Å²) >= 11 is 0. The number of nitrogen functional groups attached to an aromatic ring is 1. The summed E-state index contributed by atoms with van der Waals surface area (Å²) in [6, 6.07) is 7.40. The Kier molecular flexibility index (Phi) is 2.72. The molecule has 0 spiro atoms. The molecule has 7 nitrogen and oxygen atoms in total. The second-order valence-electron chi connectivity index (χ2n) is 4.89. The fourth-order valence-electron chi connectivity index (χ4n) is 2.53. The first-order chi connectivity index (χ1) is 10.7. The summed E-state index contributed by atoms with van der Waals surface area (Å²) in [4.78, 5) is 22.3. The van der Waals surface area contributed by atoms with Gasteiger partial charge in [-0.05, 0) is 24.3 Å². The van der Waals surface area contributed by atoms with Gasteiger partial charge in [0.05, 0.1) is 12.8 Å². The predicted molar refractivity (Wildman–Crippen MR) is 79.8 cm³/mol. The zero-order valence-electron chi connectivity index (χ0n) is 11.5. The van der Waals surface area contributed by atoms with Crippen molar-refractivity contribution >= 4 is 28.4 Å². The molecule has 4 rings (SSSR count). The van der Waals surface area contributed by atoms with Gasteiger partial charge in [0.15, 0.2) is 0 Å². The highest BCUT2D eigenvalue weighted by molar-refractivity contribution is 6.11. The second kappa shape index (κ2) is 4.73. The van der Waals surface area contributed by atoms with Crippen molar-refractivity contribution in [1.82, 2.24) is 9.97 Å². The summed E-state index contributed by atoms with van der Waals surface area (Å²) in [5.41, 5.74) is 7.54. The minimum Gasteiger partial charge on any atom is -0.475 e. The minimum absolute atomic E-state index is 0.117. The molecule has 7 heteroatoms. The molecule has 22 heavy (non-hydrogen) atoms. The SMILES string of the molecule is Nc1ncnc2c1C(=O)N(c1ccc3occc3c1)CCO2. The second-order valence-corrected chi connectivity index (χ2v) is 4.89. The van der Waals surface area contributed by atoms with Crippen LogP contribution in [0, 0.1) is 0 Å². The highest BCUT2D eigenvalue weighted by Gasteiger charge is 2.28. The molecule has 0 saturated carbocycles. The van der Waals surface area contributed by atoms with Crippen molar-refractivity contribution in [3.8, 4) is 5.88 Å². The Morgan fingerprint density at radius 2 is 2.14 bits per heavy atom. The molecule has 2 N–H and O–H groups in total. The van der Waals surface area contributed by atoms with E-state index in [4.69, 9.17) is 14.9 Å². The van der Waals surface area contributed by atoms with Crippen LogP contribution in [0.1, 0.15) is 10.4 Å². The Morgan fingerprint density at radius 1 is 1.23 bits per heavy atom. The molecule has 1 amide bonds. The molecule has 3 aromatic rings. The van der Waals surface area contributed by atoms with Crippen LogP contribution in [0.4, 0.5) is 11.5 Å². The van der Waals surface area contributed by atoms with Crippen LogP contribution in [0.15, 0.2) is 41.3 Å². The van der Waals surface area contributed by atoms with Crippen LogP contribution in [-0.2, 0) is 0 Å². The van der Waals surface area contributed by atoms with E-state index in [1.54, 1.807) is 11.2 Å². The Morgan fingerprint density at radius 3 is 3.05 bits per heavy atom. The number of carbonyl (C=O) groups is 1. The zero-order valence-corrected chi connectivity index (χ0v) is 11.5. The van der Waals surface area contributed by atoms with Crippen LogP contribution in [0.5, 0.6) is 5.88 Å². The van der Waals surface area contributed by atoms with Crippen LogP contribution < -0.4 is 15.4 Å². The van der Waals surface area contributed by atoms with Crippen molar-refractivity contribution in [2.75, 3.05) is 23.8 Å². The van der Waals surface area contributed by atoms with Crippen LogP contribution in [0.3, 0.4) is 0 Å². The zero-order chi connectivity index (χ0) is 15.1. The van der Waals surface area contributed by atoms with Gasteiger partial charge in [0.2, 0.25) is 5.88 Å². The van der Waals surface area contributed by atoms with Crippen LogP contribution in [0.2, 0.25) is 0 Å². The van der Waals surface area contributed by atoms with E-state index < -0.39 is 0 Å². The molecular weight excluding hydrogens is 284 g/mol. The third kappa shape index (κ3) is 1.86. The Hall–Kier alpha value is -3.09. The van der Waals surface area contributed by atoms with Crippen molar-refractivity contribution in [1.29, 1.82) is 0 Å². The van der Waals surface area contributed by atoms with Gasteiger partial charge in [-0.25, -0.2) is 9.97 Å². The van der Waals surface area contributed by atoms with E-state index in [0.717, 1.165) is 16.7 Å². The number of aromatic nitrogens is 2. The quantitative estimate of drug-likeness (QED) is 0.736. The number of nitrogens with zero attached hydrogens (tertiary/aromatic N) is 3. The molecule has 110 valence electrons. The van der Waals surface area contributed by atoms with Gasteiger partial charge in [-0.1, -0.05) is 0 Å². The third-order valence-electron chi connectivity index (χ3n) is 3.60. The van der Waals surface area contributed by atoms with E-state index >= 15 is 0 Å². The number of rotatable bonds is 1. The molecule has 1 aromatic carbocycles. The molecular formula is C15H12N4O3. The summed E-state index contributed by atoms with van der Waals surface area (Å²) < 4.78 is 10.8. The summed E-state index contributed by atoms with van der Waals surface area (Å²) in [6.45, 7) is 0.733. The number of fused-ring (bicyclic) bond motifs is 2. The van der Waals surface area contributed by atoms with Crippen molar-refractivity contribution in [2.45, 2.75) is 0 Å². The average Bonchev–Trinajstić information content (AvgIpc) is 2.91. The third-order valence-corrected chi connectivity index (χ3v) is 3.60. The lowest BCUT2D eigenvalue weighted by Gasteiger charge is -2.20. The first-order valence-corrected chi connectivity index (χ1v) is 6.76. The van der Waals surface area contributed by atoms with Gasteiger partial charge < -0.3 is 19.8 Å². The van der Waals surface area contributed by atoms with E-state index in [9.17, 15) is 4.79 Å². The van der Waals surface area contributed by atoms with E-state index in [1.807, 2.05) is 24.3 Å². The Bertz CT molecular complexity index is 874. The van der Waals surface area contributed by atoms with E-state index in [2.05, 4.69) is 9.97 Å². The number of anilines is 2. The van der Waals surface area contributed by atoms with Gasteiger partial charge in [0.1, 0.15) is 29.9 Å². The van der Waals surface area contributed by atoms with Gasteiger partial charge in [0, 0.05) is 11.1 Å². The monoisotopic (exact) mass is 296 g/mol. The van der Waals surface area contributed by atoms with Gasteiger partial charge in [-0.15, -0.1) is 0 Å². The molecule has 0 bridgehead atoms. The van der Waals surface area contributed by atoms with Crippen LogP contribution >= 0.6 is 0 Å². The number of nitrogens with two attached hydrogens (primary N) is 1. The molecule has 0 fully saturated rings. The minimum atomic E-state index is -0.270. The maximum absolute atomic E-state index is 12.8. The number of ether oxygens (including phenoxy) is 1.